The second-order valence-corrected chi connectivity index (χ2v) is 6.60. The normalized spacial score (nSPS) is 17.2. The van der Waals surface area contributed by atoms with E-state index in [0.29, 0.717) is 13.2 Å². The maximum atomic E-state index is 11.0. The van der Waals surface area contributed by atoms with Crippen LogP contribution in [0.4, 0.5) is 0 Å². The van der Waals surface area contributed by atoms with Crippen molar-refractivity contribution in [3.63, 3.8) is 0 Å². The van der Waals surface area contributed by atoms with Gasteiger partial charge in [-0.05, 0) is 25.2 Å². The molecule has 4 nitrogen and oxygen atoms in total. The molecular formula is C8H16BrNO3S. The fourth-order valence-electron chi connectivity index (χ4n) is 0.975. The summed E-state index contributed by atoms with van der Waals surface area (Å²) in [5.41, 5.74) is 0. The molecule has 0 spiro atoms. The Balaban J connectivity index is 1.88. The van der Waals surface area contributed by atoms with Crippen LogP contribution in [0.5, 0.6) is 0 Å². The van der Waals surface area contributed by atoms with Gasteiger partial charge in [-0.15, -0.1) is 0 Å². The molecule has 84 valence electrons. The van der Waals surface area contributed by atoms with Crippen molar-refractivity contribution in [1.82, 2.24) is 4.72 Å². The van der Waals surface area contributed by atoms with E-state index in [1.54, 1.807) is 0 Å². The molecule has 1 fully saturated rings. The molecule has 0 saturated heterocycles. The third-order valence-electron chi connectivity index (χ3n) is 1.98. The Hall–Kier alpha value is 0.350. The summed E-state index contributed by atoms with van der Waals surface area (Å²) in [7, 11) is -3.10. The van der Waals surface area contributed by atoms with Crippen LogP contribution in [0.1, 0.15) is 19.3 Å². The Kier molecular flexibility index (Phi) is 5.36. The van der Waals surface area contributed by atoms with Crippen molar-refractivity contribution >= 4 is 26.0 Å². The highest BCUT2D eigenvalue weighted by Gasteiger charge is 2.20. The molecule has 1 N–H and O–H groups in total. The first-order chi connectivity index (χ1) is 6.64. The van der Waals surface area contributed by atoms with Crippen LogP contribution in [-0.2, 0) is 14.8 Å². The van der Waals surface area contributed by atoms with E-state index in [0.717, 1.165) is 18.9 Å². The van der Waals surface area contributed by atoms with Crippen LogP contribution >= 0.6 is 15.9 Å². The van der Waals surface area contributed by atoms with Gasteiger partial charge in [0, 0.05) is 19.8 Å². The summed E-state index contributed by atoms with van der Waals surface area (Å²) in [5, 5.41) is 0. The Morgan fingerprint density at radius 2 is 2.14 bits per heavy atom. The van der Waals surface area contributed by atoms with E-state index < -0.39 is 10.0 Å². The van der Waals surface area contributed by atoms with E-state index in [-0.39, 0.29) is 4.66 Å². The molecule has 0 aromatic rings. The predicted octanol–water partition coefficient (Wildman–Crippen LogP) is 1.07. The van der Waals surface area contributed by atoms with Gasteiger partial charge in [0.2, 0.25) is 10.0 Å². The standard InChI is InChI=1S/C8H16BrNO3S/c9-7-14(11,12)10-4-1-5-13-6-8-2-3-8/h8,10H,1-7H2. The average Bonchev–Trinajstić information content (AvgIpc) is 2.95. The van der Waals surface area contributed by atoms with Crippen LogP contribution < -0.4 is 4.72 Å². The quantitative estimate of drug-likeness (QED) is 0.536. The molecule has 0 heterocycles. The minimum absolute atomic E-state index is 0.0388. The van der Waals surface area contributed by atoms with Crippen molar-refractivity contribution in [3.05, 3.63) is 0 Å². The number of rotatable bonds is 8. The monoisotopic (exact) mass is 285 g/mol. The lowest BCUT2D eigenvalue weighted by Crippen LogP contribution is -2.26. The van der Waals surface area contributed by atoms with Crippen molar-refractivity contribution in [2.24, 2.45) is 5.92 Å². The molecule has 1 aliphatic carbocycles. The Bertz CT molecular complexity index is 251. The van der Waals surface area contributed by atoms with Crippen molar-refractivity contribution in [1.29, 1.82) is 0 Å². The number of sulfonamides is 1. The SMILES string of the molecule is O=S(=O)(CBr)NCCCOCC1CC1. The van der Waals surface area contributed by atoms with Crippen molar-refractivity contribution < 1.29 is 13.2 Å². The van der Waals surface area contributed by atoms with Gasteiger partial charge in [0.1, 0.15) is 4.66 Å². The highest BCUT2D eigenvalue weighted by atomic mass is 79.9. The summed E-state index contributed by atoms with van der Waals surface area (Å²) in [4.78, 5) is 0. The molecule has 0 radical (unpaired) electrons. The van der Waals surface area contributed by atoms with Gasteiger partial charge in [-0.25, -0.2) is 13.1 Å². The molecule has 0 aromatic heterocycles. The number of hydrogen-bond donors (Lipinski definition) is 1. The summed E-state index contributed by atoms with van der Waals surface area (Å²) in [6.45, 7) is 1.94. The summed E-state index contributed by atoms with van der Waals surface area (Å²) in [6, 6.07) is 0. The molecular weight excluding hydrogens is 270 g/mol. The van der Waals surface area contributed by atoms with E-state index in [2.05, 4.69) is 20.7 Å². The number of halogens is 1. The first-order valence-electron chi connectivity index (χ1n) is 4.75. The van der Waals surface area contributed by atoms with Gasteiger partial charge in [0.15, 0.2) is 0 Å². The molecule has 0 bridgehead atoms. The molecule has 0 unspecified atom stereocenters. The van der Waals surface area contributed by atoms with Crippen molar-refractivity contribution in [2.45, 2.75) is 19.3 Å². The lowest BCUT2D eigenvalue weighted by atomic mass is 10.4. The van der Waals surface area contributed by atoms with Crippen LogP contribution in [0.15, 0.2) is 0 Å². The van der Waals surface area contributed by atoms with Gasteiger partial charge >= 0.3 is 0 Å². The van der Waals surface area contributed by atoms with Crippen LogP contribution in [0.25, 0.3) is 0 Å². The van der Waals surface area contributed by atoms with Crippen LogP contribution in [0.2, 0.25) is 0 Å². The maximum absolute atomic E-state index is 11.0. The van der Waals surface area contributed by atoms with Crippen LogP contribution in [0, 0.1) is 5.92 Å². The lowest BCUT2D eigenvalue weighted by molar-refractivity contribution is 0.123. The second-order valence-electron chi connectivity index (χ2n) is 3.49. The molecule has 1 rings (SSSR count). The van der Waals surface area contributed by atoms with E-state index in [4.69, 9.17) is 4.74 Å². The first kappa shape index (κ1) is 12.4. The zero-order chi connectivity index (χ0) is 10.4. The molecule has 0 amide bonds. The molecule has 1 aliphatic rings. The Morgan fingerprint density at radius 3 is 2.71 bits per heavy atom. The van der Waals surface area contributed by atoms with Gasteiger partial charge in [-0.3, -0.25) is 0 Å². The molecule has 0 atom stereocenters. The molecule has 6 heteroatoms. The topological polar surface area (TPSA) is 55.4 Å². The summed E-state index contributed by atoms with van der Waals surface area (Å²) >= 11 is 2.90. The molecule has 1 saturated carbocycles. The summed E-state index contributed by atoms with van der Waals surface area (Å²) in [5.74, 6) is 0.772. The maximum Gasteiger partial charge on any atom is 0.221 e. The average molecular weight is 286 g/mol. The van der Waals surface area contributed by atoms with Crippen LogP contribution in [0.3, 0.4) is 0 Å². The summed E-state index contributed by atoms with van der Waals surface area (Å²) in [6.07, 6.45) is 3.31. The third kappa shape index (κ3) is 5.95. The van der Waals surface area contributed by atoms with Gasteiger partial charge in [-0.2, -0.15) is 0 Å². The lowest BCUT2D eigenvalue weighted by Gasteiger charge is -2.04. The molecule has 0 aromatic carbocycles. The van der Waals surface area contributed by atoms with Crippen molar-refractivity contribution in [3.8, 4) is 0 Å². The van der Waals surface area contributed by atoms with E-state index in [1.165, 1.54) is 12.8 Å². The van der Waals surface area contributed by atoms with E-state index >= 15 is 0 Å². The van der Waals surface area contributed by atoms with Crippen molar-refractivity contribution in [2.75, 3.05) is 24.4 Å². The highest BCUT2D eigenvalue weighted by Crippen LogP contribution is 2.28. The second kappa shape index (κ2) is 6.05. The van der Waals surface area contributed by atoms with Gasteiger partial charge in [0.05, 0.1) is 0 Å². The summed E-state index contributed by atoms with van der Waals surface area (Å²) < 4.78 is 29.7. The predicted molar refractivity (Wildman–Crippen MR) is 58.9 cm³/mol. The highest BCUT2D eigenvalue weighted by molar-refractivity contribution is 9.10. The Labute approximate surface area is 93.6 Å². The smallest absolute Gasteiger partial charge is 0.221 e. The number of nitrogens with one attached hydrogen (secondary N) is 1. The molecule has 14 heavy (non-hydrogen) atoms. The van der Waals surface area contributed by atoms with Gasteiger partial charge in [-0.1, -0.05) is 15.9 Å². The molecule has 0 aliphatic heterocycles. The number of hydrogen-bond acceptors (Lipinski definition) is 3. The largest absolute Gasteiger partial charge is 0.381 e. The van der Waals surface area contributed by atoms with E-state index in [9.17, 15) is 8.42 Å². The minimum atomic E-state index is -3.10. The Morgan fingerprint density at radius 1 is 1.43 bits per heavy atom. The van der Waals surface area contributed by atoms with Gasteiger partial charge < -0.3 is 4.74 Å². The first-order valence-corrected chi connectivity index (χ1v) is 7.52. The fourth-order valence-corrected chi connectivity index (χ4v) is 1.99. The number of ether oxygens (including phenoxy) is 1. The zero-order valence-electron chi connectivity index (χ0n) is 8.04. The minimum Gasteiger partial charge on any atom is -0.381 e. The number of alkyl halides is 1. The van der Waals surface area contributed by atoms with Crippen LogP contribution in [-0.4, -0.2) is 32.8 Å². The fraction of sp³-hybridized carbons (Fsp3) is 1.00. The zero-order valence-corrected chi connectivity index (χ0v) is 10.4. The van der Waals surface area contributed by atoms with Gasteiger partial charge in [0.25, 0.3) is 0 Å². The third-order valence-corrected chi connectivity index (χ3v) is 4.72. The van der Waals surface area contributed by atoms with E-state index in [1.807, 2.05) is 0 Å².